The molecule has 3 rings (SSSR count). The van der Waals surface area contributed by atoms with E-state index in [0.29, 0.717) is 22.8 Å². The zero-order chi connectivity index (χ0) is 18.0. The fraction of sp³-hybridized carbons (Fsp3) is 0.176. The molecular formula is C17H18N4O3S. The molecule has 1 aromatic carbocycles. The number of nitrogens with one attached hydrogen (secondary N) is 2. The van der Waals surface area contributed by atoms with Crippen LogP contribution in [0.25, 0.3) is 0 Å². The van der Waals surface area contributed by atoms with Crippen LogP contribution >= 0.6 is 0 Å². The molecule has 0 atom stereocenters. The SMILES string of the molecule is Cc1ccc(C)c(S(=O)(=O)Nc2ccc(Nc3cc(C)on3)cn2)c1. The maximum atomic E-state index is 12.6. The summed E-state index contributed by atoms with van der Waals surface area (Å²) in [6.45, 7) is 5.40. The Balaban J connectivity index is 1.77. The van der Waals surface area contributed by atoms with Crippen molar-refractivity contribution >= 4 is 27.3 Å². The van der Waals surface area contributed by atoms with Crippen molar-refractivity contribution in [3.8, 4) is 0 Å². The number of nitrogens with zero attached hydrogens (tertiary/aromatic N) is 2. The topological polar surface area (TPSA) is 97.1 Å². The van der Waals surface area contributed by atoms with Crippen LogP contribution in [-0.4, -0.2) is 18.6 Å². The molecule has 25 heavy (non-hydrogen) atoms. The summed E-state index contributed by atoms with van der Waals surface area (Å²) in [6, 6.07) is 10.3. The minimum atomic E-state index is -3.70. The standard InChI is InChI=1S/C17H18N4O3S/c1-11-4-5-12(2)15(8-11)25(22,23)21-16-7-6-14(10-18-16)19-17-9-13(3)24-20-17/h4-10H,1-3H3,(H,18,21)(H,19,20). The van der Waals surface area contributed by atoms with Gasteiger partial charge in [-0.3, -0.25) is 4.72 Å². The average Bonchev–Trinajstić information content (AvgIpc) is 2.96. The second-order valence-corrected chi connectivity index (χ2v) is 7.41. The van der Waals surface area contributed by atoms with Gasteiger partial charge >= 0.3 is 0 Å². The van der Waals surface area contributed by atoms with Crippen molar-refractivity contribution in [1.29, 1.82) is 0 Å². The van der Waals surface area contributed by atoms with Crippen molar-refractivity contribution in [3.63, 3.8) is 0 Å². The van der Waals surface area contributed by atoms with Crippen molar-refractivity contribution in [3.05, 3.63) is 59.5 Å². The Kier molecular flexibility index (Phi) is 4.45. The molecule has 0 aliphatic heterocycles. The van der Waals surface area contributed by atoms with Gasteiger partial charge in [0, 0.05) is 6.07 Å². The summed E-state index contributed by atoms with van der Waals surface area (Å²) < 4.78 is 32.6. The van der Waals surface area contributed by atoms with Gasteiger partial charge in [-0.1, -0.05) is 17.3 Å². The molecule has 0 bridgehead atoms. The third-order valence-corrected chi connectivity index (χ3v) is 5.03. The number of hydrogen-bond acceptors (Lipinski definition) is 6. The molecule has 0 unspecified atom stereocenters. The van der Waals surface area contributed by atoms with Crippen LogP contribution in [0.4, 0.5) is 17.3 Å². The van der Waals surface area contributed by atoms with Gasteiger partial charge in [-0.05, 0) is 50.1 Å². The molecule has 7 nitrogen and oxygen atoms in total. The van der Waals surface area contributed by atoms with Gasteiger partial charge in [0.2, 0.25) is 0 Å². The number of hydrogen-bond donors (Lipinski definition) is 2. The molecule has 0 amide bonds. The molecule has 0 aliphatic carbocycles. The quantitative estimate of drug-likeness (QED) is 0.724. The average molecular weight is 358 g/mol. The van der Waals surface area contributed by atoms with Gasteiger partial charge in [-0.2, -0.15) is 0 Å². The van der Waals surface area contributed by atoms with E-state index in [1.165, 1.54) is 6.20 Å². The molecule has 2 aromatic heterocycles. The first-order chi connectivity index (χ1) is 11.8. The summed E-state index contributed by atoms with van der Waals surface area (Å²) in [6.07, 6.45) is 1.52. The molecule has 0 aliphatic rings. The van der Waals surface area contributed by atoms with Crippen LogP contribution in [0.15, 0.2) is 52.0 Å². The predicted molar refractivity (Wildman–Crippen MR) is 95.5 cm³/mol. The highest BCUT2D eigenvalue weighted by Gasteiger charge is 2.17. The molecule has 2 heterocycles. The lowest BCUT2D eigenvalue weighted by molar-refractivity contribution is 0.400. The fourth-order valence-corrected chi connectivity index (χ4v) is 3.63. The molecule has 0 saturated heterocycles. The Morgan fingerprint density at radius 2 is 1.80 bits per heavy atom. The van der Waals surface area contributed by atoms with E-state index in [2.05, 4.69) is 20.2 Å². The van der Waals surface area contributed by atoms with E-state index in [1.807, 2.05) is 13.0 Å². The van der Waals surface area contributed by atoms with E-state index in [1.54, 1.807) is 44.2 Å². The van der Waals surface area contributed by atoms with Crippen LogP contribution in [0.1, 0.15) is 16.9 Å². The lowest BCUT2D eigenvalue weighted by atomic mass is 10.2. The molecule has 0 radical (unpaired) electrons. The summed E-state index contributed by atoms with van der Waals surface area (Å²) >= 11 is 0. The highest BCUT2D eigenvalue weighted by Crippen LogP contribution is 2.21. The zero-order valence-corrected chi connectivity index (χ0v) is 14.9. The van der Waals surface area contributed by atoms with Crippen molar-refractivity contribution in [2.75, 3.05) is 10.0 Å². The largest absolute Gasteiger partial charge is 0.360 e. The van der Waals surface area contributed by atoms with Crippen molar-refractivity contribution < 1.29 is 12.9 Å². The number of rotatable bonds is 5. The second-order valence-electron chi connectivity index (χ2n) is 5.75. The number of sulfonamides is 1. The molecule has 2 N–H and O–H groups in total. The fourth-order valence-electron chi connectivity index (χ4n) is 2.29. The smallest absolute Gasteiger partial charge is 0.263 e. The summed E-state index contributed by atoms with van der Waals surface area (Å²) in [4.78, 5) is 4.38. The molecule has 3 aromatic rings. The van der Waals surface area contributed by atoms with Crippen LogP contribution < -0.4 is 10.0 Å². The van der Waals surface area contributed by atoms with Crippen LogP contribution in [0, 0.1) is 20.8 Å². The zero-order valence-electron chi connectivity index (χ0n) is 14.1. The van der Waals surface area contributed by atoms with Crippen LogP contribution in [0.5, 0.6) is 0 Å². The molecule has 0 saturated carbocycles. The van der Waals surface area contributed by atoms with E-state index in [-0.39, 0.29) is 10.7 Å². The Morgan fingerprint density at radius 1 is 1.00 bits per heavy atom. The lowest BCUT2D eigenvalue weighted by Gasteiger charge is -2.11. The van der Waals surface area contributed by atoms with E-state index < -0.39 is 10.0 Å². The Labute approximate surface area is 146 Å². The third kappa shape index (κ3) is 3.97. The van der Waals surface area contributed by atoms with Crippen molar-refractivity contribution in [1.82, 2.24) is 10.1 Å². The number of aryl methyl sites for hydroxylation is 3. The van der Waals surface area contributed by atoms with Gasteiger partial charge in [0.05, 0.1) is 16.8 Å². The Morgan fingerprint density at radius 3 is 2.44 bits per heavy atom. The maximum Gasteiger partial charge on any atom is 0.263 e. The van der Waals surface area contributed by atoms with Crippen LogP contribution in [0.3, 0.4) is 0 Å². The number of pyridine rings is 1. The van der Waals surface area contributed by atoms with Crippen molar-refractivity contribution in [2.24, 2.45) is 0 Å². The summed E-state index contributed by atoms with van der Waals surface area (Å²) in [7, 11) is -3.70. The number of benzene rings is 1. The minimum Gasteiger partial charge on any atom is -0.360 e. The van der Waals surface area contributed by atoms with Crippen molar-refractivity contribution in [2.45, 2.75) is 25.7 Å². The van der Waals surface area contributed by atoms with Gasteiger partial charge in [0.25, 0.3) is 10.0 Å². The summed E-state index contributed by atoms with van der Waals surface area (Å²) in [5.74, 6) is 1.49. The molecule has 0 spiro atoms. The third-order valence-electron chi connectivity index (χ3n) is 3.54. The summed E-state index contributed by atoms with van der Waals surface area (Å²) in [5, 5.41) is 6.84. The van der Waals surface area contributed by atoms with E-state index in [9.17, 15) is 8.42 Å². The molecule has 130 valence electrons. The molecular weight excluding hydrogens is 340 g/mol. The highest BCUT2D eigenvalue weighted by molar-refractivity contribution is 7.92. The van der Waals surface area contributed by atoms with E-state index in [0.717, 1.165) is 5.56 Å². The lowest BCUT2D eigenvalue weighted by Crippen LogP contribution is -2.15. The highest BCUT2D eigenvalue weighted by atomic mass is 32.2. The second kappa shape index (κ2) is 6.56. The normalized spacial score (nSPS) is 11.3. The van der Waals surface area contributed by atoms with Crippen LogP contribution in [0.2, 0.25) is 0 Å². The van der Waals surface area contributed by atoms with Gasteiger partial charge < -0.3 is 9.84 Å². The van der Waals surface area contributed by atoms with E-state index >= 15 is 0 Å². The summed E-state index contributed by atoms with van der Waals surface area (Å²) in [5.41, 5.74) is 2.22. The molecule has 0 fully saturated rings. The first kappa shape index (κ1) is 17.0. The first-order valence-corrected chi connectivity index (χ1v) is 9.08. The number of aromatic nitrogens is 2. The predicted octanol–water partition coefficient (Wildman–Crippen LogP) is 3.54. The van der Waals surface area contributed by atoms with Crippen LogP contribution in [-0.2, 0) is 10.0 Å². The Hall–Kier alpha value is -2.87. The first-order valence-electron chi connectivity index (χ1n) is 7.60. The maximum absolute atomic E-state index is 12.6. The monoisotopic (exact) mass is 358 g/mol. The minimum absolute atomic E-state index is 0.239. The van der Waals surface area contributed by atoms with Gasteiger partial charge in [0.15, 0.2) is 5.82 Å². The van der Waals surface area contributed by atoms with Gasteiger partial charge in [-0.15, -0.1) is 0 Å². The van der Waals surface area contributed by atoms with E-state index in [4.69, 9.17) is 4.52 Å². The van der Waals surface area contributed by atoms with Gasteiger partial charge in [-0.25, -0.2) is 13.4 Å². The number of anilines is 3. The Bertz CT molecular complexity index is 995. The van der Waals surface area contributed by atoms with Gasteiger partial charge in [0.1, 0.15) is 11.6 Å². The molecule has 8 heteroatoms.